The first-order valence-electron chi connectivity index (χ1n) is 3.51. The monoisotopic (exact) mass is 163 g/mol. The molecular formula is C9H9NO2. The van der Waals surface area contributed by atoms with Gasteiger partial charge in [0.15, 0.2) is 0 Å². The molecule has 0 fully saturated rings. The fraction of sp³-hybridized carbons (Fsp3) is 0.222. The Kier molecular flexibility index (Phi) is 3.12. The zero-order valence-electron chi connectivity index (χ0n) is 6.73. The van der Waals surface area contributed by atoms with E-state index in [4.69, 9.17) is 14.7 Å². The van der Waals surface area contributed by atoms with Crippen LogP contribution in [0.5, 0.6) is 5.75 Å². The first-order chi connectivity index (χ1) is 5.86. The molecule has 0 amide bonds. The molecule has 0 bridgehead atoms. The van der Waals surface area contributed by atoms with Crippen LogP contribution in [0, 0.1) is 11.3 Å². The highest BCUT2D eigenvalue weighted by Crippen LogP contribution is 2.10. The Bertz CT molecular complexity index is 266. The fourth-order valence-corrected chi connectivity index (χ4v) is 0.750. The van der Waals surface area contributed by atoms with Crippen molar-refractivity contribution in [3.05, 3.63) is 30.3 Å². The normalized spacial score (nSPS) is 11.7. The molecule has 62 valence electrons. The van der Waals surface area contributed by atoms with Gasteiger partial charge in [-0.15, -0.1) is 0 Å². The van der Waals surface area contributed by atoms with Gasteiger partial charge in [0, 0.05) is 7.11 Å². The molecule has 1 aromatic carbocycles. The summed E-state index contributed by atoms with van der Waals surface area (Å²) in [5.74, 6) is 0.630. The Labute approximate surface area is 71.1 Å². The van der Waals surface area contributed by atoms with E-state index in [0.717, 1.165) is 0 Å². The lowest BCUT2D eigenvalue weighted by atomic mass is 10.3. The Morgan fingerprint density at radius 1 is 1.33 bits per heavy atom. The summed E-state index contributed by atoms with van der Waals surface area (Å²) in [5, 5.41) is 8.49. The summed E-state index contributed by atoms with van der Waals surface area (Å²) >= 11 is 0. The molecule has 0 aliphatic heterocycles. The summed E-state index contributed by atoms with van der Waals surface area (Å²) in [7, 11) is 1.43. The van der Waals surface area contributed by atoms with E-state index in [1.807, 2.05) is 24.3 Å². The Hall–Kier alpha value is -1.53. The highest BCUT2D eigenvalue weighted by Gasteiger charge is 2.04. The Morgan fingerprint density at radius 2 is 2.00 bits per heavy atom. The summed E-state index contributed by atoms with van der Waals surface area (Å²) in [6.45, 7) is 0. The van der Waals surface area contributed by atoms with Crippen molar-refractivity contribution >= 4 is 0 Å². The highest BCUT2D eigenvalue weighted by atomic mass is 16.7. The van der Waals surface area contributed by atoms with Gasteiger partial charge >= 0.3 is 0 Å². The van der Waals surface area contributed by atoms with E-state index in [9.17, 15) is 0 Å². The van der Waals surface area contributed by atoms with Gasteiger partial charge in [0.25, 0.3) is 6.29 Å². The van der Waals surface area contributed by atoms with Crippen molar-refractivity contribution in [3.63, 3.8) is 0 Å². The Balaban J connectivity index is 2.58. The average Bonchev–Trinajstić information content (AvgIpc) is 2.16. The molecule has 1 unspecified atom stereocenters. The molecule has 3 nitrogen and oxygen atoms in total. The van der Waals surface area contributed by atoms with Crippen LogP contribution in [-0.4, -0.2) is 13.4 Å². The fourth-order valence-electron chi connectivity index (χ4n) is 0.750. The minimum Gasteiger partial charge on any atom is -0.451 e. The van der Waals surface area contributed by atoms with Crippen molar-refractivity contribution in [2.45, 2.75) is 6.29 Å². The standard InChI is InChI=1S/C9H9NO2/c1-11-9(7-10)12-8-5-3-2-4-6-8/h2-6,9H,1H3. The van der Waals surface area contributed by atoms with Crippen LogP contribution in [-0.2, 0) is 4.74 Å². The van der Waals surface area contributed by atoms with E-state index < -0.39 is 6.29 Å². The van der Waals surface area contributed by atoms with Crippen LogP contribution in [0.2, 0.25) is 0 Å². The van der Waals surface area contributed by atoms with Gasteiger partial charge in [-0.25, -0.2) is 0 Å². The van der Waals surface area contributed by atoms with E-state index in [0.29, 0.717) is 5.75 Å². The van der Waals surface area contributed by atoms with Gasteiger partial charge in [0.2, 0.25) is 0 Å². The molecule has 0 aliphatic carbocycles. The van der Waals surface area contributed by atoms with E-state index in [1.165, 1.54) is 7.11 Å². The predicted molar refractivity (Wildman–Crippen MR) is 43.5 cm³/mol. The highest BCUT2D eigenvalue weighted by molar-refractivity contribution is 5.21. The third-order valence-electron chi connectivity index (χ3n) is 1.31. The first kappa shape index (κ1) is 8.57. The van der Waals surface area contributed by atoms with Crippen LogP contribution in [0.25, 0.3) is 0 Å². The van der Waals surface area contributed by atoms with Gasteiger partial charge in [-0.3, -0.25) is 0 Å². The maximum atomic E-state index is 8.49. The second-order valence-corrected chi connectivity index (χ2v) is 2.13. The maximum Gasteiger partial charge on any atom is 0.289 e. The molecule has 0 radical (unpaired) electrons. The smallest absolute Gasteiger partial charge is 0.289 e. The quantitative estimate of drug-likeness (QED) is 0.635. The van der Waals surface area contributed by atoms with Crippen molar-refractivity contribution in [3.8, 4) is 11.8 Å². The average molecular weight is 163 g/mol. The summed E-state index contributed by atoms with van der Waals surface area (Å²) in [4.78, 5) is 0. The maximum absolute atomic E-state index is 8.49. The SMILES string of the molecule is COC(C#N)Oc1ccccc1. The zero-order chi connectivity index (χ0) is 8.81. The number of ether oxygens (including phenoxy) is 2. The second kappa shape index (κ2) is 4.37. The number of hydrogen-bond acceptors (Lipinski definition) is 3. The molecule has 1 aromatic rings. The van der Waals surface area contributed by atoms with E-state index in [1.54, 1.807) is 12.1 Å². The van der Waals surface area contributed by atoms with Gasteiger partial charge < -0.3 is 9.47 Å². The van der Waals surface area contributed by atoms with Gasteiger partial charge in [-0.2, -0.15) is 5.26 Å². The van der Waals surface area contributed by atoms with Crippen molar-refractivity contribution in [2.24, 2.45) is 0 Å². The van der Waals surface area contributed by atoms with Crippen molar-refractivity contribution in [1.82, 2.24) is 0 Å². The van der Waals surface area contributed by atoms with Crippen LogP contribution in [0.3, 0.4) is 0 Å². The van der Waals surface area contributed by atoms with Crippen molar-refractivity contribution < 1.29 is 9.47 Å². The van der Waals surface area contributed by atoms with E-state index in [-0.39, 0.29) is 0 Å². The number of nitriles is 1. The number of rotatable bonds is 3. The van der Waals surface area contributed by atoms with E-state index in [2.05, 4.69) is 0 Å². The predicted octanol–water partition coefficient (Wildman–Crippen LogP) is 1.56. The molecule has 0 heterocycles. The van der Waals surface area contributed by atoms with Gasteiger partial charge in [-0.05, 0) is 12.1 Å². The van der Waals surface area contributed by atoms with Gasteiger partial charge in [-0.1, -0.05) is 18.2 Å². The number of nitrogens with zero attached hydrogens (tertiary/aromatic N) is 1. The molecule has 0 aliphatic rings. The first-order valence-corrected chi connectivity index (χ1v) is 3.51. The van der Waals surface area contributed by atoms with E-state index >= 15 is 0 Å². The topological polar surface area (TPSA) is 42.2 Å². The molecular weight excluding hydrogens is 154 g/mol. The van der Waals surface area contributed by atoms with Crippen molar-refractivity contribution in [1.29, 1.82) is 5.26 Å². The van der Waals surface area contributed by atoms with Crippen LogP contribution >= 0.6 is 0 Å². The molecule has 12 heavy (non-hydrogen) atoms. The number of hydrogen-bond donors (Lipinski definition) is 0. The summed E-state index contributed by atoms with van der Waals surface area (Å²) < 4.78 is 9.85. The summed E-state index contributed by atoms with van der Waals surface area (Å²) in [6, 6.07) is 10.9. The van der Waals surface area contributed by atoms with Crippen molar-refractivity contribution in [2.75, 3.05) is 7.11 Å². The third-order valence-corrected chi connectivity index (χ3v) is 1.31. The minimum atomic E-state index is -0.826. The molecule has 0 N–H and O–H groups in total. The van der Waals surface area contributed by atoms with Crippen LogP contribution < -0.4 is 4.74 Å². The lowest BCUT2D eigenvalue weighted by Crippen LogP contribution is -2.15. The lowest BCUT2D eigenvalue weighted by Gasteiger charge is -2.09. The molecule has 0 aromatic heterocycles. The molecule has 0 saturated heterocycles. The largest absolute Gasteiger partial charge is 0.451 e. The van der Waals surface area contributed by atoms with Crippen LogP contribution in [0.4, 0.5) is 0 Å². The zero-order valence-corrected chi connectivity index (χ0v) is 6.73. The molecule has 3 heteroatoms. The van der Waals surface area contributed by atoms with Crippen LogP contribution in [0.1, 0.15) is 0 Å². The number of benzene rings is 1. The summed E-state index contributed by atoms with van der Waals surface area (Å²) in [5.41, 5.74) is 0. The lowest BCUT2D eigenvalue weighted by molar-refractivity contribution is -0.00969. The molecule has 0 saturated carbocycles. The molecule has 0 spiro atoms. The number of methoxy groups -OCH3 is 1. The third kappa shape index (κ3) is 2.26. The number of para-hydroxylation sites is 1. The van der Waals surface area contributed by atoms with Crippen LogP contribution in [0.15, 0.2) is 30.3 Å². The molecule has 1 rings (SSSR count). The second-order valence-electron chi connectivity index (χ2n) is 2.13. The Morgan fingerprint density at radius 3 is 2.50 bits per heavy atom. The van der Waals surface area contributed by atoms with Gasteiger partial charge in [0.1, 0.15) is 11.8 Å². The minimum absolute atomic E-state index is 0.630. The summed E-state index contributed by atoms with van der Waals surface area (Å²) in [6.07, 6.45) is -0.826. The molecule has 1 atom stereocenters. The van der Waals surface area contributed by atoms with Gasteiger partial charge in [0.05, 0.1) is 0 Å².